The van der Waals surface area contributed by atoms with E-state index < -0.39 is 23.8 Å². The molecular weight excluding hydrogens is 223 g/mol. The number of hydrogen-bond donors (Lipinski definition) is 0. The second kappa shape index (κ2) is 3.58. The Labute approximate surface area is 88.1 Å². The summed E-state index contributed by atoms with van der Waals surface area (Å²) in [6.45, 7) is 0. The van der Waals surface area contributed by atoms with Crippen molar-refractivity contribution in [3.63, 3.8) is 0 Å². The van der Waals surface area contributed by atoms with E-state index in [1.165, 1.54) is 18.4 Å². The molecule has 1 aliphatic heterocycles. The molecule has 0 aromatic carbocycles. The molecule has 0 spiro atoms. The lowest BCUT2D eigenvalue weighted by molar-refractivity contribution is -0.141. The normalized spacial score (nSPS) is 20.4. The molecular formula is C9H6F3N3O. The molecule has 16 heavy (non-hydrogen) atoms. The number of hydrogen-bond acceptors (Lipinski definition) is 3. The summed E-state index contributed by atoms with van der Waals surface area (Å²) in [4.78, 5) is 15.1. The highest BCUT2D eigenvalue weighted by atomic mass is 19.4. The molecule has 0 saturated carbocycles. The summed E-state index contributed by atoms with van der Waals surface area (Å²) in [5.41, 5.74) is -1.04. The van der Waals surface area contributed by atoms with Crippen molar-refractivity contribution in [1.82, 2.24) is 9.78 Å². The van der Waals surface area contributed by atoms with Crippen LogP contribution in [0.25, 0.3) is 0 Å². The standard InChI is InChI=1S/C9H6F3N3O/c10-9(11,12)7-3-5-15(14-7)8-6(16)2-1-4-13-8/h1-5,8H. The van der Waals surface area contributed by atoms with Crippen LogP contribution in [0.5, 0.6) is 0 Å². The van der Waals surface area contributed by atoms with Gasteiger partial charge in [-0.15, -0.1) is 0 Å². The van der Waals surface area contributed by atoms with Gasteiger partial charge >= 0.3 is 6.18 Å². The molecule has 7 heteroatoms. The second-order valence-electron chi connectivity index (χ2n) is 3.11. The van der Waals surface area contributed by atoms with Crippen molar-refractivity contribution in [1.29, 1.82) is 0 Å². The largest absolute Gasteiger partial charge is 0.435 e. The number of carbonyl (C=O) groups is 1. The maximum atomic E-state index is 12.3. The van der Waals surface area contributed by atoms with Gasteiger partial charge in [0.25, 0.3) is 0 Å². The molecule has 0 bridgehead atoms. The van der Waals surface area contributed by atoms with Crippen molar-refractivity contribution < 1.29 is 18.0 Å². The average molecular weight is 229 g/mol. The quantitative estimate of drug-likeness (QED) is 0.734. The summed E-state index contributed by atoms with van der Waals surface area (Å²) in [5.74, 6) is -0.403. The molecule has 84 valence electrons. The Morgan fingerprint density at radius 2 is 2.12 bits per heavy atom. The van der Waals surface area contributed by atoms with Crippen LogP contribution >= 0.6 is 0 Å². The van der Waals surface area contributed by atoms with Crippen LogP contribution in [-0.2, 0) is 11.0 Å². The van der Waals surface area contributed by atoms with Gasteiger partial charge in [0.1, 0.15) is 0 Å². The lowest BCUT2D eigenvalue weighted by Gasteiger charge is -2.11. The number of nitrogens with zero attached hydrogens (tertiary/aromatic N) is 3. The molecule has 2 heterocycles. The van der Waals surface area contributed by atoms with Gasteiger partial charge in [-0.05, 0) is 18.2 Å². The van der Waals surface area contributed by atoms with Crippen molar-refractivity contribution >= 4 is 12.0 Å². The molecule has 0 fully saturated rings. The Morgan fingerprint density at radius 3 is 2.69 bits per heavy atom. The molecule has 1 atom stereocenters. The highest BCUT2D eigenvalue weighted by molar-refractivity contribution is 5.99. The highest BCUT2D eigenvalue weighted by Crippen LogP contribution is 2.28. The van der Waals surface area contributed by atoms with E-state index in [0.717, 1.165) is 16.9 Å². The molecule has 4 nitrogen and oxygen atoms in total. The van der Waals surface area contributed by atoms with Crippen molar-refractivity contribution in [2.24, 2.45) is 4.99 Å². The average Bonchev–Trinajstić information content (AvgIpc) is 2.66. The predicted octanol–water partition coefficient (Wildman–Crippen LogP) is 1.61. The molecule has 0 radical (unpaired) electrons. The Morgan fingerprint density at radius 1 is 1.38 bits per heavy atom. The van der Waals surface area contributed by atoms with Gasteiger partial charge in [0, 0.05) is 12.4 Å². The zero-order chi connectivity index (χ0) is 11.8. The van der Waals surface area contributed by atoms with Crippen molar-refractivity contribution in [2.75, 3.05) is 0 Å². The number of alkyl halides is 3. The maximum Gasteiger partial charge on any atom is 0.435 e. The summed E-state index contributed by atoms with van der Waals surface area (Å²) in [6.07, 6.45) is -0.438. The minimum atomic E-state index is -4.51. The summed E-state index contributed by atoms with van der Waals surface area (Å²) in [7, 11) is 0. The van der Waals surface area contributed by atoms with E-state index in [0.29, 0.717) is 0 Å². The fourth-order valence-corrected chi connectivity index (χ4v) is 1.25. The molecule has 1 aromatic rings. The third-order valence-electron chi connectivity index (χ3n) is 1.98. The number of rotatable bonds is 1. The van der Waals surface area contributed by atoms with E-state index in [2.05, 4.69) is 10.1 Å². The van der Waals surface area contributed by atoms with Crippen LogP contribution in [0.2, 0.25) is 0 Å². The first-order valence-corrected chi connectivity index (χ1v) is 4.34. The zero-order valence-corrected chi connectivity index (χ0v) is 7.85. The molecule has 0 aliphatic carbocycles. The van der Waals surface area contributed by atoms with Crippen LogP contribution in [0, 0.1) is 0 Å². The van der Waals surface area contributed by atoms with E-state index in [9.17, 15) is 18.0 Å². The van der Waals surface area contributed by atoms with Gasteiger partial charge in [-0.2, -0.15) is 18.3 Å². The minimum Gasteiger partial charge on any atom is -0.290 e. The summed E-state index contributed by atoms with van der Waals surface area (Å²) >= 11 is 0. The van der Waals surface area contributed by atoms with Crippen molar-refractivity contribution in [3.8, 4) is 0 Å². The molecule has 0 N–H and O–H groups in total. The number of dihydropyridines is 1. The maximum absolute atomic E-state index is 12.3. The van der Waals surface area contributed by atoms with E-state index in [4.69, 9.17) is 0 Å². The first-order chi connectivity index (χ1) is 7.48. The zero-order valence-electron chi connectivity index (χ0n) is 7.85. The number of aromatic nitrogens is 2. The van der Waals surface area contributed by atoms with Gasteiger partial charge < -0.3 is 0 Å². The van der Waals surface area contributed by atoms with Gasteiger partial charge in [0.15, 0.2) is 5.69 Å². The van der Waals surface area contributed by atoms with Crippen LogP contribution in [0.4, 0.5) is 13.2 Å². The fraction of sp³-hybridized carbons (Fsp3) is 0.222. The number of aliphatic imine (C=N–C) groups is 1. The summed E-state index contributed by atoms with van der Waals surface area (Å²) in [5, 5.41) is 3.28. The number of carbonyl (C=O) groups excluding carboxylic acids is 1. The third-order valence-corrected chi connectivity index (χ3v) is 1.98. The lowest BCUT2D eigenvalue weighted by Crippen LogP contribution is -2.19. The van der Waals surface area contributed by atoms with Crippen LogP contribution < -0.4 is 0 Å². The highest BCUT2D eigenvalue weighted by Gasteiger charge is 2.34. The smallest absolute Gasteiger partial charge is 0.290 e. The van der Waals surface area contributed by atoms with Gasteiger partial charge in [-0.1, -0.05) is 0 Å². The van der Waals surface area contributed by atoms with E-state index in [1.807, 2.05) is 0 Å². The molecule has 1 aliphatic rings. The monoisotopic (exact) mass is 229 g/mol. The molecule has 0 saturated heterocycles. The molecule has 1 unspecified atom stereocenters. The van der Waals surface area contributed by atoms with Gasteiger partial charge in [-0.25, -0.2) is 4.68 Å². The molecule has 1 aromatic heterocycles. The van der Waals surface area contributed by atoms with Gasteiger partial charge in [0.2, 0.25) is 11.9 Å². The van der Waals surface area contributed by atoms with Gasteiger partial charge in [-0.3, -0.25) is 9.79 Å². The first-order valence-electron chi connectivity index (χ1n) is 4.34. The van der Waals surface area contributed by atoms with Crippen LogP contribution in [0.3, 0.4) is 0 Å². The second-order valence-corrected chi connectivity index (χ2v) is 3.11. The fourth-order valence-electron chi connectivity index (χ4n) is 1.25. The first kappa shape index (κ1) is 10.6. The molecule has 2 rings (SSSR count). The van der Waals surface area contributed by atoms with Crippen LogP contribution in [-0.4, -0.2) is 21.8 Å². The number of halogens is 3. The van der Waals surface area contributed by atoms with Crippen LogP contribution in [0.1, 0.15) is 11.9 Å². The van der Waals surface area contributed by atoms with Crippen LogP contribution in [0.15, 0.2) is 29.4 Å². The molecule has 0 amide bonds. The van der Waals surface area contributed by atoms with E-state index in [1.54, 1.807) is 0 Å². The van der Waals surface area contributed by atoms with E-state index >= 15 is 0 Å². The number of ketones is 1. The summed E-state index contributed by atoms with van der Waals surface area (Å²) in [6, 6.07) is 0.807. The summed E-state index contributed by atoms with van der Waals surface area (Å²) < 4.78 is 37.7. The SMILES string of the molecule is O=C1C=CC=NC1n1ccc(C(F)(F)F)n1. The Kier molecular flexibility index (Phi) is 2.37. The van der Waals surface area contributed by atoms with E-state index in [-0.39, 0.29) is 0 Å². The predicted molar refractivity (Wildman–Crippen MR) is 48.9 cm³/mol. The number of allylic oxidation sites excluding steroid dienone is 1. The Hall–Kier alpha value is -1.92. The van der Waals surface area contributed by atoms with Crippen molar-refractivity contribution in [3.05, 3.63) is 30.1 Å². The van der Waals surface area contributed by atoms with Gasteiger partial charge in [0.05, 0.1) is 0 Å². The topological polar surface area (TPSA) is 47.2 Å². The minimum absolute atomic E-state index is 0.403. The van der Waals surface area contributed by atoms with Crippen molar-refractivity contribution in [2.45, 2.75) is 12.3 Å². The third kappa shape index (κ3) is 1.88. The lowest BCUT2D eigenvalue weighted by atomic mass is 10.2. The Balaban J connectivity index is 2.29. The Bertz CT molecular complexity index is 473.